The minimum Gasteiger partial charge on any atom is -0.497 e. The quantitative estimate of drug-likeness (QED) is 0.353. The molecule has 31 heavy (non-hydrogen) atoms. The van der Waals surface area contributed by atoms with Crippen molar-refractivity contribution in [3.05, 3.63) is 47.6 Å². The average molecular weight is 464 g/mol. The topological polar surface area (TPSA) is 132 Å². The zero-order valence-corrected chi connectivity index (χ0v) is 18.1. The summed E-state index contributed by atoms with van der Waals surface area (Å²) in [5, 5.41) is 0.333. The van der Waals surface area contributed by atoms with Crippen LogP contribution in [0, 0.1) is 0 Å². The molecule has 2 heterocycles. The van der Waals surface area contributed by atoms with Gasteiger partial charge in [-0.15, -0.1) is 11.8 Å². The molecule has 0 spiro atoms. The van der Waals surface area contributed by atoms with E-state index in [1.807, 2.05) is 6.26 Å². The number of amides is 1. The summed E-state index contributed by atoms with van der Waals surface area (Å²) < 4.78 is 22.0. The van der Waals surface area contributed by atoms with Crippen molar-refractivity contribution in [3.63, 3.8) is 0 Å². The first kappa shape index (κ1) is 22.4. The molecule has 1 amide bonds. The molecule has 2 N–H and O–H groups in total. The van der Waals surface area contributed by atoms with Gasteiger partial charge in [0.1, 0.15) is 24.7 Å². The summed E-state index contributed by atoms with van der Waals surface area (Å²) in [6.07, 6.45) is 6.50. The minimum absolute atomic E-state index is 0.00932. The molecule has 0 radical (unpaired) electrons. The lowest BCUT2D eigenvalue weighted by Gasteiger charge is -2.13. The Morgan fingerprint density at radius 1 is 1.10 bits per heavy atom. The number of benzene rings is 1. The molecule has 1 aromatic carbocycles. The monoisotopic (exact) mass is 463 g/mol. The lowest BCUT2D eigenvalue weighted by Crippen LogP contribution is -2.17. The summed E-state index contributed by atoms with van der Waals surface area (Å²) in [6.45, 7) is 0.179. The molecule has 0 saturated carbocycles. The van der Waals surface area contributed by atoms with Crippen LogP contribution >= 0.6 is 23.4 Å². The van der Waals surface area contributed by atoms with E-state index >= 15 is 0 Å². The van der Waals surface area contributed by atoms with E-state index in [1.54, 1.807) is 30.6 Å². The second kappa shape index (κ2) is 10.6. The number of methoxy groups -OCH3 is 1. The smallest absolute Gasteiger partial charge is 0.316 e. The molecule has 0 fully saturated rings. The van der Waals surface area contributed by atoms with Gasteiger partial charge in [-0.3, -0.25) is 4.79 Å². The van der Waals surface area contributed by atoms with Crippen molar-refractivity contribution in [3.8, 4) is 29.1 Å². The molecule has 10 nitrogen and oxygen atoms in total. The first-order valence-corrected chi connectivity index (χ1v) is 10.4. The lowest BCUT2D eigenvalue weighted by atomic mass is 10.3. The molecule has 0 atom stereocenters. The number of carbonyl (C=O) groups excluding carboxylic acids is 1. The van der Waals surface area contributed by atoms with E-state index in [0.29, 0.717) is 16.5 Å². The molecule has 0 aliphatic heterocycles. The van der Waals surface area contributed by atoms with Crippen LogP contribution in [-0.4, -0.2) is 52.4 Å². The van der Waals surface area contributed by atoms with Crippen LogP contribution in [-0.2, 0) is 0 Å². The standard InChI is InChI=1S/C19H18ClN5O5S/c1-27-11-3-4-13(20)14(7-11)30-15-10-22-17(16(21)26)25-18(15)28-5-6-29-19-23-8-12(31-2)9-24-19/h3-4,7-10H,5-6H2,1-2H3,(H2,21,26). The number of aromatic nitrogens is 4. The van der Waals surface area contributed by atoms with Gasteiger partial charge < -0.3 is 24.7 Å². The summed E-state index contributed by atoms with van der Waals surface area (Å²) in [5.74, 6) is -0.0896. The third kappa shape index (κ3) is 6.09. The van der Waals surface area contributed by atoms with Gasteiger partial charge in [-0.2, -0.15) is 4.98 Å². The highest BCUT2D eigenvalue weighted by Gasteiger charge is 2.16. The number of hydrogen-bond acceptors (Lipinski definition) is 10. The van der Waals surface area contributed by atoms with Crippen LogP contribution in [0.1, 0.15) is 10.6 Å². The molecule has 3 aromatic rings. The van der Waals surface area contributed by atoms with Gasteiger partial charge in [0, 0.05) is 23.4 Å². The van der Waals surface area contributed by atoms with Gasteiger partial charge in [-0.05, 0) is 18.4 Å². The van der Waals surface area contributed by atoms with E-state index in [-0.39, 0.29) is 36.7 Å². The maximum atomic E-state index is 11.4. The molecular weight excluding hydrogens is 446 g/mol. The third-order valence-electron chi connectivity index (χ3n) is 3.69. The number of carbonyl (C=O) groups is 1. The van der Waals surface area contributed by atoms with E-state index < -0.39 is 5.91 Å². The zero-order chi connectivity index (χ0) is 22.2. The van der Waals surface area contributed by atoms with Crippen molar-refractivity contribution < 1.29 is 23.7 Å². The molecule has 12 heteroatoms. The van der Waals surface area contributed by atoms with E-state index in [9.17, 15) is 4.79 Å². The van der Waals surface area contributed by atoms with Crippen LogP contribution in [0.2, 0.25) is 5.02 Å². The average Bonchev–Trinajstić information content (AvgIpc) is 2.79. The highest BCUT2D eigenvalue weighted by atomic mass is 35.5. The Morgan fingerprint density at radius 2 is 1.84 bits per heavy atom. The maximum absolute atomic E-state index is 11.4. The van der Waals surface area contributed by atoms with Crippen molar-refractivity contribution >= 4 is 29.3 Å². The molecule has 3 rings (SSSR count). The maximum Gasteiger partial charge on any atom is 0.316 e. The number of ether oxygens (including phenoxy) is 4. The molecule has 0 aliphatic carbocycles. The normalized spacial score (nSPS) is 10.4. The second-order valence-electron chi connectivity index (χ2n) is 5.73. The zero-order valence-electron chi connectivity index (χ0n) is 16.6. The van der Waals surface area contributed by atoms with Crippen LogP contribution in [0.4, 0.5) is 0 Å². The van der Waals surface area contributed by atoms with Gasteiger partial charge >= 0.3 is 6.01 Å². The van der Waals surface area contributed by atoms with Crippen molar-refractivity contribution in [1.82, 2.24) is 19.9 Å². The molecule has 0 unspecified atom stereocenters. The first-order valence-electron chi connectivity index (χ1n) is 8.80. The number of thioether (sulfide) groups is 1. The van der Waals surface area contributed by atoms with E-state index in [4.69, 9.17) is 36.3 Å². The Hall–Kier alpha value is -3.31. The largest absolute Gasteiger partial charge is 0.497 e. The molecule has 162 valence electrons. The van der Waals surface area contributed by atoms with E-state index in [0.717, 1.165) is 4.90 Å². The number of rotatable bonds is 10. The Bertz CT molecular complexity index is 1050. The molecule has 2 aromatic heterocycles. The van der Waals surface area contributed by atoms with Gasteiger partial charge in [0.2, 0.25) is 11.6 Å². The Labute approximate surface area is 187 Å². The number of primary amides is 1. The van der Waals surface area contributed by atoms with Gasteiger partial charge in [0.05, 0.1) is 18.3 Å². The van der Waals surface area contributed by atoms with Gasteiger partial charge in [-0.1, -0.05) is 11.6 Å². The van der Waals surface area contributed by atoms with Crippen molar-refractivity contribution in [2.24, 2.45) is 5.73 Å². The van der Waals surface area contributed by atoms with Crippen molar-refractivity contribution in [2.75, 3.05) is 26.6 Å². The fourth-order valence-electron chi connectivity index (χ4n) is 2.21. The molecule has 0 aliphatic rings. The van der Waals surface area contributed by atoms with Crippen LogP contribution < -0.4 is 24.7 Å². The summed E-state index contributed by atoms with van der Waals surface area (Å²) in [7, 11) is 1.52. The fraction of sp³-hybridized carbons (Fsp3) is 0.211. The third-order valence-corrected chi connectivity index (χ3v) is 4.69. The summed E-state index contributed by atoms with van der Waals surface area (Å²) in [4.78, 5) is 28.4. The SMILES string of the molecule is COc1ccc(Cl)c(Oc2cnc(C(N)=O)nc2OCCOc2ncc(SC)cn2)c1. The Balaban J connectivity index is 1.71. The van der Waals surface area contributed by atoms with Crippen LogP contribution in [0.3, 0.4) is 0 Å². The van der Waals surface area contributed by atoms with Crippen LogP contribution in [0.25, 0.3) is 0 Å². The summed E-state index contributed by atoms with van der Waals surface area (Å²) >= 11 is 7.71. The fourth-order valence-corrected chi connectivity index (χ4v) is 2.68. The number of halogens is 1. The molecular formula is C19H18ClN5O5S. The van der Waals surface area contributed by atoms with Crippen molar-refractivity contribution in [1.29, 1.82) is 0 Å². The second-order valence-corrected chi connectivity index (χ2v) is 7.01. The van der Waals surface area contributed by atoms with Crippen molar-refractivity contribution in [2.45, 2.75) is 4.90 Å². The van der Waals surface area contributed by atoms with E-state index in [2.05, 4.69) is 19.9 Å². The lowest BCUT2D eigenvalue weighted by molar-refractivity contribution is 0.0988. The summed E-state index contributed by atoms with van der Waals surface area (Å²) in [6, 6.07) is 5.10. The number of nitrogens with zero attached hydrogens (tertiary/aromatic N) is 4. The predicted molar refractivity (Wildman–Crippen MR) is 113 cm³/mol. The highest BCUT2D eigenvalue weighted by molar-refractivity contribution is 7.98. The highest BCUT2D eigenvalue weighted by Crippen LogP contribution is 2.35. The van der Waals surface area contributed by atoms with Crippen LogP contribution in [0.5, 0.6) is 29.1 Å². The van der Waals surface area contributed by atoms with Gasteiger partial charge in [0.25, 0.3) is 11.8 Å². The minimum atomic E-state index is -0.811. The predicted octanol–water partition coefficient (Wildman–Crippen LogP) is 3.00. The van der Waals surface area contributed by atoms with Gasteiger partial charge in [0.15, 0.2) is 0 Å². The molecule has 0 saturated heterocycles. The van der Waals surface area contributed by atoms with Crippen LogP contribution in [0.15, 0.2) is 41.7 Å². The number of nitrogens with two attached hydrogens (primary N) is 1. The summed E-state index contributed by atoms with van der Waals surface area (Å²) in [5.41, 5.74) is 5.26. The number of hydrogen-bond donors (Lipinski definition) is 1. The molecule has 0 bridgehead atoms. The Kier molecular flexibility index (Phi) is 7.68. The first-order chi connectivity index (χ1) is 15.0. The van der Waals surface area contributed by atoms with E-state index in [1.165, 1.54) is 25.1 Å². The van der Waals surface area contributed by atoms with Gasteiger partial charge in [-0.25, -0.2) is 15.0 Å². The Morgan fingerprint density at radius 3 is 2.52 bits per heavy atom.